The first-order chi connectivity index (χ1) is 15.6. The van der Waals surface area contributed by atoms with Gasteiger partial charge in [0.1, 0.15) is 11.6 Å². The topological polar surface area (TPSA) is 92.1 Å². The maximum Gasteiger partial charge on any atom is 0.317 e. The number of aryl methyl sites for hydroxylation is 1. The second-order valence-electron chi connectivity index (χ2n) is 7.92. The zero-order valence-corrected chi connectivity index (χ0v) is 17.3. The summed E-state index contributed by atoms with van der Waals surface area (Å²) in [7, 11) is 0. The fourth-order valence-electron chi connectivity index (χ4n) is 4.10. The number of nitrogens with zero attached hydrogens (tertiary/aromatic N) is 7. The van der Waals surface area contributed by atoms with Gasteiger partial charge in [0.25, 0.3) is 0 Å². The van der Waals surface area contributed by atoms with Crippen molar-refractivity contribution in [2.24, 2.45) is 0 Å². The molecule has 2 amide bonds. The minimum atomic E-state index is -0.474. The van der Waals surface area contributed by atoms with Crippen molar-refractivity contribution in [3.63, 3.8) is 0 Å². The number of anilines is 1. The van der Waals surface area contributed by atoms with Gasteiger partial charge in [-0.1, -0.05) is 0 Å². The lowest BCUT2D eigenvalue weighted by molar-refractivity contribution is 0.186. The Labute approximate surface area is 183 Å². The molecular weight excluding hydrogens is 418 g/mol. The highest BCUT2D eigenvalue weighted by molar-refractivity contribution is 5.75. The molecule has 1 saturated heterocycles. The molecule has 0 bridgehead atoms. The Morgan fingerprint density at radius 3 is 2.41 bits per heavy atom. The molecule has 1 atom stereocenters. The molecule has 1 N–H and O–H groups in total. The van der Waals surface area contributed by atoms with E-state index in [9.17, 15) is 13.6 Å². The van der Waals surface area contributed by atoms with Crippen LogP contribution in [0.4, 0.5) is 19.5 Å². The first kappa shape index (κ1) is 20.3. The van der Waals surface area contributed by atoms with Crippen LogP contribution in [0.1, 0.15) is 12.2 Å². The molecule has 0 aliphatic carbocycles. The number of piperazine rings is 1. The smallest absolute Gasteiger partial charge is 0.317 e. The number of carbonyl (C=O) groups excluding carboxylic acids is 1. The second kappa shape index (κ2) is 8.48. The van der Waals surface area contributed by atoms with Crippen LogP contribution in [0.2, 0.25) is 0 Å². The average Bonchev–Trinajstić information content (AvgIpc) is 3.23. The van der Waals surface area contributed by atoms with Crippen LogP contribution in [0.25, 0.3) is 11.4 Å². The molecule has 2 aliphatic rings. The molecule has 32 heavy (non-hydrogen) atoms. The molecule has 0 saturated carbocycles. The van der Waals surface area contributed by atoms with E-state index in [-0.39, 0.29) is 17.9 Å². The molecule has 5 rings (SSSR count). The third-order valence-corrected chi connectivity index (χ3v) is 5.83. The highest BCUT2D eigenvalue weighted by atomic mass is 19.1. The maximum absolute atomic E-state index is 13.3. The quantitative estimate of drug-likeness (QED) is 0.669. The van der Waals surface area contributed by atoms with E-state index in [0.717, 1.165) is 30.2 Å². The van der Waals surface area contributed by atoms with Gasteiger partial charge in [0.2, 0.25) is 5.95 Å². The summed E-state index contributed by atoms with van der Waals surface area (Å²) in [5, 5.41) is 11.6. The molecule has 1 fully saturated rings. The van der Waals surface area contributed by atoms with Gasteiger partial charge in [-0.3, -0.25) is 0 Å². The molecule has 1 aromatic carbocycles. The van der Waals surface area contributed by atoms with E-state index < -0.39 is 5.82 Å². The van der Waals surface area contributed by atoms with E-state index in [1.165, 1.54) is 12.1 Å². The zero-order valence-electron chi connectivity index (χ0n) is 17.3. The van der Waals surface area contributed by atoms with Crippen LogP contribution >= 0.6 is 0 Å². The molecule has 1 unspecified atom stereocenters. The summed E-state index contributed by atoms with van der Waals surface area (Å²) in [6.45, 7) is 2.77. The van der Waals surface area contributed by atoms with Crippen molar-refractivity contribution in [3.05, 3.63) is 54.1 Å². The van der Waals surface area contributed by atoms with Gasteiger partial charge in [-0.15, -0.1) is 10.2 Å². The predicted molar refractivity (Wildman–Crippen MR) is 112 cm³/mol. The van der Waals surface area contributed by atoms with Crippen LogP contribution in [0.3, 0.4) is 0 Å². The Kier molecular flexibility index (Phi) is 5.38. The lowest BCUT2D eigenvalue weighted by atomic mass is 10.1. The van der Waals surface area contributed by atoms with Crippen molar-refractivity contribution in [3.8, 4) is 11.4 Å². The largest absolute Gasteiger partial charge is 0.337 e. The summed E-state index contributed by atoms with van der Waals surface area (Å²) >= 11 is 0. The lowest BCUT2D eigenvalue weighted by Gasteiger charge is -2.36. The van der Waals surface area contributed by atoms with Gasteiger partial charge >= 0.3 is 6.03 Å². The Morgan fingerprint density at radius 1 is 0.969 bits per heavy atom. The summed E-state index contributed by atoms with van der Waals surface area (Å²) in [6.07, 6.45) is 3.76. The van der Waals surface area contributed by atoms with Crippen LogP contribution < -0.4 is 10.2 Å². The third kappa shape index (κ3) is 4.10. The summed E-state index contributed by atoms with van der Waals surface area (Å²) in [4.78, 5) is 24.5. The summed E-state index contributed by atoms with van der Waals surface area (Å²) < 4.78 is 28.3. The molecule has 9 nitrogen and oxygen atoms in total. The van der Waals surface area contributed by atoms with Gasteiger partial charge in [-0.05, 0) is 30.7 Å². The number of fused-ring (bicyclic) bond motifs is 1. The van der Waals surface area contributed by atoms with Crippen molar-refractivity contribution < 1.29 is 13.6 Å². The molecule has 2 aliphatic heterocycles. The molecule has 4 heterocycles. The minimum Gasteiger partial charge on any atom is -0.337 e. The van der Waals surface area contributed by atoms with Crippen molar-refractivity contribution in [2.75, 3.05) is 31.1 Å². The van der Waals surface area contributed by atoms with Gasteiger partial charge in [0.15, 0.2) is 11.6 Å². The van der Waals surface area contributed by atoms with Crippen LogP contribution in [-0.2, 0) is 13.0 Å². The SMILES string of the molecule is O=C(NC1CCc2nnc(-c3ccc(F)cc3)n2C1)N1CCN(c2ncc(F)cn2)CC1. The van der Waals surface area contributed by atoms with E-state index >= 15 is 0 Å². The van der Waals surface area contributed by atoms with E-state index in [4.69, 9.17) is 0 Å². The van der Waals surface area contributed by atoms with Gasteiger partial charge in [0, 0.05) is 50.7 Å². The Morgan fingerprint density at radius 2 is 1.69 bits per heavy atom. The first-order valence-electron chi connectivity index (χ1n) is 10.5. The van der Waals surface area contributed by atoms with E-state index in [2.05, 4.69) is 25.5 Å². The standard InChI is InChI=1S/C21H22F2N8O/c22-15-3-1-14(2-4-15)19-28-27-18-6-5-17(13-31(18)19)26-21(32)30-9-7-29(8-10-30)20-24-11-16(23)12-25-20/h1-4,11-12,17H,5-10,13H2,(H,26,32). The number of halogens is 2. The average molecular weight is 440 g/mol. The van der Waals surface area contributed by atoms with Crippen molar-refractivity contribution in [1.82, 2.24) is 34.9 Å². The number of carbonyl (C=O) groups is 1. The van der Waals surface area contributed by atoms with Crippen LogP contribution in [0, 0.1) is 11.6 Å². The highest BCUT2D eigenvalue weighted by Gasteiger charge is 2.28. The zero-order chi connectivity index (χ0) is 22.1. The molecule has 0 spiro atoms. The molecule has 166 valence electrons. The number of nitrogens with one attached hydrogen (secondary N) is 1. The number of hydrogen-bond donors (Lipinski definition) is 1. The second-order valence-corrected chi connectivity index (χ2v) is 7.92. The van der Waals surface area contributed by atoms with E-state index in [0.29, 0.717) is 50.9 Å². The summed E-state index contributed by atoms with van der Waals surface area (Å²) in [6, 6.07) is 5.99. The normalized spacial score (nSPS) is 18.4. The third-order valence-electron chi connectivity index (χ3n) is 5.83. The summed E-state index contributed by atoms with van der Waals surface area (Å²) in [5.41, 5.74) is 0.788. The fraction of sp³-hybridized carbons (Fsp3) is 0.381. The van der Waals surface area contributed by atoms with Gasteiger partial charge in [-0.2, -0.15) is 0 Å². The number of benzene rings is 1. The first-order valence-corrected chi connectivity index (χ1v) is 10.5. The molecule has 0 radical (unpaired) electrons. The van der Waals surface area contributed by atoms with Crippen LogP contribution in [-0.4, -0.2) is 67.9 Å². The van der Waals surface area contributed by atoms with Crippen molar-refractivity contribution >= 4 is 12.0 Å². The summed E-state index contributed by atoms with van der Waals surface area (Å²) in [5.74, 6) is 1.23. The number of rotatable bonds is 3. The van der Waals surface area contributed by atoms with E-state index in [1.807, 2.05) is 9.47 Å². The number of aromatic nitrogens is 5. The monoisotopic (exact) mass is 440 g/mol. The number of amides is 2. The molecule has 2 aromatic heterocycles. The Hall–Kier alpha value is -3.63. The predicted octanol–water partition coefficient (Wildman–Crippen LogP) is 1.86. The Balaban J connectivity index is 1.19. The fourth-order valence-corrected chi connectivity index (χ4v) is 4.10. The lowest BCUT2D eigenvalue weighted by Crippen LogP contribution is -2.54. The number of hydrogen-bond acceptors (Lipinski definition) is 6. The van der Waals surface area contributed by atoms with Crippen LogP contribution in [0.15, 0.2) is 36.7 Å². The molecule has 3 aromatic rings. The molecular formula is C21H22F2N8O. The van der Waals surface area contributed by atoms with Gasteiger partial charge in [0.05, 0.1) is 12.4 Å². The van der Waals surface area contributed by atoms with Gasteiger partial charge in [-0.25, -0.2) is 23.5 Å². The van der Waals surface area contributed by atoms with Crippen molar-refractivity contribution in [2.45, 2.75) is 25.4 Å². The van der Waals surface area contributed by atoms with Crippen molar-refractivity contribution in [1.29, 1.82) is 0 Å². The molecule has 11 heteroatoms. The van der Waals surface area contributed by atoms with E-state index in [1.54, 1.807) is 17.0 Å². The number of urea groups is 1. The Bertz CT molecular complexity index is 1090. The van der Waals surface area contributed by atoms with Gasteiger partial charge < -0.3 is 19.7 Å². The highest BCUT2D eigenvalue weighted by Crippen LogP contribution is 2.23. The maximum atomic E-state index is 13.3. The van der Waals surface area contributed by atoms with Crippen LogP contribution in [0.5, 0.6) is 0 Å². The minimum absolute atomic E-state index is 0.0522.